The number of aliphatic hydroxyl groups is 1. The van der Waals surface area contributed by atoms with E-state index < -0.39 is 53.6 Å². The Balaban J connectivity index is 3.61. The van der Waals surface area contributed by atoms with E-state index in [1.807, 2.05) is 0 Å². The van der Waals surface area contributed by atoms with Gasteiger partial charge < -0.3 is 14.6 Å². The van der Waals surface area contributed by atoms with E-state index in [0.717, 1.165) is 13.8 Å². The number of carbonyl (C=O) groups is 1. The second kappa shape index (κ2) is 6.36. The molecule has 0 spiro atoms. The minimum absolute atomic E-state index is 0.238. The number of alkyl halides is 10. The lowest BCUT2D eigenvalue weighted by Crippen LogP contribution is -2.78. The zero-order valence-corrected chi connectivity index (χ0v) is 13.8. The lowest BCUT2D eigenvalue weighted by Gasteiger charge is -2.50. The van der Waals surface area contributed by atoms with Gasteiger partial charge in [-0.15, -0.1) is 0 Å². The van der Waals surface area contributed by atoms with Crippen LogP contribution in [-0.4, -0.2) is 53.3 Å². The lowest BCUT2D eigenvalue weighted by molar-refractivity contribution is -0.513. The second-order valence-corrected chi connectivity index (χ2v) is 6.50. The zero-order chi connectivity index (χ0) is 21.9. The number of hydrogen-bond donors (Lipinski definition) is 1. The van der Waals surface area contributed by atoms with E-state index in [1.54, 1.807) is 0 Å². The summed E-state index contributed by atoms with van der Waals surface area (Å²) in [7, 11) is 0. The first kappa shape index (κ1) is 23.7. The van der Waals surface area contributed by atoms with Crippen molar-refractivity contribution in [3.63, 3.8) is 0 Å². The van der Waals surface area contributed by atoms with Crippen LogP contribution in [0.1, 0.15) is 27.2 Å². The second-order valence-electron chi connectivity index (χ2n) is 6.50. The first-order valence-corrected chi connectivity index (χ1v) is 7.16. The van der Waals surface area contributed by atoms with Crippen LogP contribution in [0.4, 0.5) is 43.9 Å². The Kier molecular flexibility index (Phi) is 5.59. The maximum absolute atomic E-state index is 14.1. The van der Waals surface area contributed by atoms with Crippen LogP contribution in [-0.2, 0) is 14.3 Å². The van der Waals surface area contributed by atoms with Crippen molar-refractivity contribution in [2.24, 2.45) is 5.41 Å². The fraction of sp³-hybridized carbons (Fsp3) is 0.923. The van der Waals surface area contributed by atoms with E-state index in [0.29, 0.717) is 0 Å². The molecule has 0 radical (unpaired) electrons. The molecule has 0 amide bonds. The minimum Gasteiger partial charge on any atom is -0.449 e. The van der Waals surface area contributed by atoms with E-state index in [9.17, 15) is 48.7 Å². The van der Waals surface area contributed by atoms with Gasteiger partial charge in [0.05, 0.1) is 5.41 Å². The van der Waals surface area contributed by atoms with Crippen molar-refractivity contribution >= 4 is 5.97 Å². The number of halogens is 10. The third-order valence-corrected chi connectivity index (χ3v) is 4.11. The van der Waals surface area contributed by atoms with E-state index in [-0.39, 0.29) is 6.42 Å². The van der Waals surface area contributed by atoms with Gasteiger partial charge in [0, 0.05) is 0 Å². The van der Waals surface area contributed by atoms with Gasteiger partial charge in [0.15, 0.2) is 0 Å². The maximum atomic E-state index is 14.1. The molecule has 3 unspecified atom stereocenters. The van der Waals surface area contributed by atoms with Gasteiger partial charge in [0.1, 0.15) is 0 Å². The molecule has 0 aromatic carbocycles. The zero-order valence-electron chi connectivity index (χ0n) is 13.8. The maximum Gasteiger partial charge on any atom is 0.449 e. The predicted octanol–water partition coefficient (Wildman–Crippen LogP) is 3.82. The van der Waals surface area contributed by atoms with Crippen molar-refractivity contribution in [1.82, 2.24) is 0 Å². The van der Waals surface area contributed by atoms with Crippen LogP contribution in [0.25, 0.3) is 0 Å². The third kappa shape index (κ3) is 3.69. The van der Waals surface area contributed by atoms with Crippen molar-refractivity contribution in [3.05, 3.63) is 0 Å². The number of ether oxygens (including phenoxy) is 2. The van der Waals surface area contributed by atoms with Gasteiger partial charge in [0.25, 0.3) is 0 Å². The van der Waals surface area contributed by atoms with E-state index in [2.05, 4.69) is 9.47 Å². The summed E-state index contributed by atoms with van der Waals surface area (Å²) in [6.45, 7) is 3.20. The van der Waals surface area contributed by atoms with E-state index in [1.165, 1.54) is 6.92 Å². The van der Waals surface area contributed by atoms with Gasteiger partial charge in [-0.1, -0.05) is 6.92 Å². The van der Waals surface area contributed by atoms with Crippen molar-refractivity contribution < 1.29 is 63.3 Å². The molecule has 3 atom stereocenters. The normalized spacial score (nSPS) is 31.5. The quantitative estimate of drug-likeness (QED) is 0.553. The summed E-state index contributed by atoms with van der Waals surface area (Å²) in [4.78, 5) is 11.8. The van der Waals surface area contributed by atoms with Crippen LogP contribution in [0.5, 0.6) is 0 Å². The molecule has 0 aliphatic carbocycles. The van der Waals surface area contributed by atoms with Crippen molar-refractivity contribution in [2.75, 3.05) is 0 Å². The van der Waals surface area contributed by atoms with Crippen molar-refractivity contribution in [3.8, 4) is 0 Å². The molecule has 1 saturated heterocycles. The Bertz CT molecular complexity index is 583. The van der Waals surface area contributed by atoms with Crippen LogP contribution in [0.15, 0.2) is 0 Å². The van der Waals surface area contributed by atoms with Gasteiger partial charge in [-0.25, -0.2) is 0 Å². The highest BCUT2D eigenvalue weighted by atomic mass is 19.4. The van der Waals surface area contributed by atoms with Crippen LogP contribution in [0.2, 0.25) is 0 Å². The van der Waals surface area contributed by atoms with Gasteiger partial charge in [-0.2, -0.15) is 43.9 Å². The molecule has 1 rings (SSSR count). The fourth-order valence-corrected chi connectivity index (χ4v) is 1.99. The van der Waals surface area contributed by atoms with Crippen molar-refractivity contribution in [2.45, 2.75) is 69.4 Å². The average molecular weight is 424 g/mol. The largest absolute Gasteiger partial charge is 0.449 e. The summed E-state index contributed by atoms with van der Waals surface area (Å²) in [5, 5.41) is 9.12. The molecule has 0 bridgehead atoms. The van der Waals surface area contributed by atoms with Crippen molar-refractivity contribution in [1.29, 1.82) is 0 Å². The molecule has 1 heterocycles. The Labute approximate surface area is 145 Å². The molecule has 1 aliphatic heterocycles. The van der Waals surface area contributed by atoms with Gasteiger partial charge >= 0.3 is 36.0 Å². The highest BCUT2D eigenvalue weighted by molar-refractivity contribution is 5.76. The highest BCUT2D eigenvalue weighted by Gasteiger charge is 2.86. The predicted molar refractivity (Wildman–Crippen MR) is 65.8 cm³/mol. The molecule has 1 aliphatic rings. The molecular weight excluding hydrogens is 410 g/mol. The van der Waals surface area contributed by atoms with Crippen LogP contribution < -0.4 is 0 Å². The number of esters is 1. The molecule has 1 N–H and O–H groups in total. The number of hydrogen-bond acceptors (Lipinski definition) is 4. The molecule has 4 nitrogen and oxygen atoms in total. The fourth-order valence-electron chi connectivity index (χ4n) is 1.99. The molecule has 0 aromatic heterocycles. The lowest BCUT2D eigenvalue weighted by atomic mass is 9.87. The van der Waals surface area contributed by atoms with E-state index >= 15 is 0 Å². The summed E-state index contributed by atoms with van der Waals surface area (Å²) in [6, 6.07) is 0. The Morgan fingerprint density at radius 3 is 1.85 bits per heavy atom. The topological polar surface area (TPSA) is 55.8 Å². The smallest absolute Gasteiger partial charge is 0.449 e. The Morgan fingerprint density at radius 2 is 1.52 bits per heavy atom. The molecule has 0 aromatic rings. The number of carbonyl (C=O) groups excluding carboxylic acids is 1. The molecule has 1 fully saturated rings. The van der Waals surface area contributed by atoms with Crippen LogP contribution in [0.3, 0.4) is 0 Å². The molecule has 160 valence electrons. The highest BCUT2D eigenvalue weighted by Crippen LogP contribution is 2.57. The molecular formula is C13H14F10O4. The minimum atomic E-state index is -6.64. The summed E-state index contributed by atoms with van der Waals surface area (Å²) >= 11 is 0. The van der Waals surface area contributed by atoms with Crippen LogP contribution >= 0.6 is 0 Å². The molecule has 27 heavy (non-hydrogen) atoms. The van der Waals surface area contributed by atoms with Gasteiger partial charge in [-0.05, 0) is 20.3 Å². The average Bonchev–Trinajstić information content (AvgIpc) is 2.45. The summed E-state index contributed by atoms with van der Waals surface area (Å²) in [5.41, 5.74) is -1.80. The monoisotopic (exact) mass is 424 g/mol. The molecule has 14 heteroatoms. The van der Waals surface area contributed by atoms with Gasteiger partial charge in [0.2, 0.25) is 12.2 Å². The van der Waals surface area contributed by atoms with Gasteiger partial charge in [-0.3, -0.25) is 4.79 Å². The summed E-state index contributed by atoms with van der Waals surface area (Å²) in [5.74, 6) is -19.9. The Morgan fingerprint density at radius 1 is 1.07 bits per heavy atom. The third-order valence-electron chi connectivity index (χ3n) is 4.11. The number of rotatable bonds is 3. The van der Waals surface area contributed by atoms with E-state index in [4.69, 9.17) is 5.11 Å². The standard InChI is InChI=1S/C13H14F10O4/c1-4-8(2,3)7(24)26-5-9(14,15)6(11(18,19)20)27-12(25,10(5,16)17)13(21,22)23/h5-6,25H,4H2,1-3H3. The summed E-state index contributed by atoms with van der Waals surface area (Å²) in [6.07, 6.45) is -22.6. The molecule has 0 saturated carbocycles. The Hall–Kier alpha value is -1.31. The van der Waals surface area contributed by atoms with Crippen LogP contribution in [0, 0.1) is 5.41 Å². The summed E-state index contributed by atoms with van der Waals surface area (Å²) < 4.78 is 140. The first-order valence-electron chi connectivity index (χ1n) is 7.16. The first-order chi connectivity index (χ1) is 11.7. The SMILES string of the molecule is CCC(C)(C)C(=O)OC1C(F)(F)C(C(F)(F)F)OC(O)(C(F)(F)F)C1(F)F.